The van der Waals surface area contributed by atoms with Crippen LogP contribution >= 0.6 is 0 Å². The minimum absolute atomic E-state index is 0.107. The van der Waals surface area contributed by atoms with Crippen LogP contribution in [-0.2, 0) is 14.3 Å². The third kappa shape index (κ3) is 6.04. The number of hydrogen-bond acceptors (Lipinski definition) is 4. The fourth-order valence-corrected chi connectivity index (χ4v) is 4.02. The maximum absolute atomic E-state index is 13.0. The van der Waals surface area contributed by atoms with Crippen LogP contribution in [0.25, 0.3) is 0 Å². The van der Waals surface area contributed by atoms with Crippen LogP contribution in [0.4, 0.5) is 5.69 Å². The van der Waals surface area contributed by atoms with Crippen LogP contribution in [0.3, 0.4) is 0 Å². The molecule has 0 aliphatic heterocycles. The fourth-order valence-electron chi connectivity index (χ4n) is 4.02. The standard InChI is InChI=1S/C23H34N4O3/c1-18-9-8-10-20(19(18)2)25-21(28)15-27(13-14-30-4)16-22(29)26(3)23(17-24)11-6-5-7-12-23/h8-10H,5-7,11-16H2,1-4H3,(H,25,28)/p+1. The highest BCUT2D eigenvalue weighted by Crippen LogP contribution is 2.32. The number of rotatable bonds is 9. The van der Waals surface area contributed by atoms with E-state index in [0.29, 0.717) is 26.0 Å². The molecule has 0 bridgehead atoms. The molecule has 1 aliphatic carbocycles. The number of amides is 2. The minimum atomic E-state index is -0.720. The van der Waals surface area contributed by atoms with Crippen molar-refractivity contribution in [2.45, 2.75) is 51.5 Å². The molecule has 1 aromatic rings. The van der Waals surface area contributed by atoms with E-state index in [1.807, 2.05) is 32.0 Å². The Bertz CT molecular complexity index is 781. The SMILES string of the molecule is COCC[NH+](CC(=O)Nc1cccc(C)c1C)CC(=O)N(C)C1(C#N)CCCCC1. The number of hydrogen-bond donors (Lipinski definition) is 2. The summed E-state index contributed by atoms with van der Waals surface area (Å²) in [5.74, 6) is -0.248. The van der Waals surface area contributed by atoms with Gasteiger partial charge in [-0.25, -0.2) is 0 Å². The van der Waals surface area contributed by atoms with Crippen LogP contribution in [0, 0.1) is 25.2 Å². The number of ether oxygens (including phenoxy) is 1. The van der Waals surface area contributed by atoms with E-state index < -0.39 is 5.54 Å². The number of aryl methyl sites for hydroxylation is 1. The van der Waals surface area contributed by atoms with Gasteiger partial charge in [0.05, 0.1) is 12.7 Å². The summed E-state index contributed by atoms with van der Waals surface area (Å²) < 4.78 is 5.18. The summed E-state index contributed by atoms with van der Waals surface area (Å²) in [6.07, 6.45) is 4.46. The van der Waals surface area contributed by atoms with E-state index in [-0.39, 0.29) is 24.9 Å². The van der Waals surface area contributed by atoms with Gasteiger partial charge in [-0.3, -0.25) is 9.59 Å². The summed E-state index contributed by atoms with van der Waals surface area (Å²) in [5.41, 5.74) is 2.22. The van der Waals surface area contributed by atoms with Gasteiger partial charge in [0, 0.05) is 19.8 Å². The number of nitriles is 1. The zero-order chi connectivity index (χ0) is 22.1. The molecule has 0 heterocycles. The van der Waals surface area contributed by atoms with Gasteiger partial charge in [0.15, 0.2) is 13.1 Å². The Kier molecular flexibility index (Phi) is 8.82. The summed E-state index contributed by atoms with van der Waals surface area (Å²) in [6, 6.07) is 8.19. The van der Waals surface area contributed by atoms with Gasteiger partial charge in [0.1, 0.15) is 12.1 Å². The van der Waals surface area contributed by atoms with Crippen molar-refractivity contribution in [1.82, 2.24) is 4.90 Å². The molecular weight excluding hydrogens is 380 g/mol. The highest BCUT2D eigenvalue weighted by molar-refractivity contribution is 5.92. The number of carbonyl (C=O) groups is 2. The van der Waals surface area contributed by atoms with Gasteiger partial charge < -0.3 is 19.9 Å². The zero-order valence-corrected chi connectivity index (χ0v) is 18.7. The van der Waals surface area contributed by atoms with Crippen LogP contribution in [-0.4, -0.2) is 62.7 Å². The fraction of sp³-hybridized carbons (Fsp3) is 0.609. The maximum Gasteiger partial charge on any atom is 0.279 e. The molecule has 0 saturated heterocycles. The Hall–Kier alpha value is -2.43. The molecule has 0 aromatic heterocycles. The molecule has 0 spiro atoms. The number of nitrogens with zero attached hydrogens (tertiary/aromatic N) is 2. The first kappa shape index (κ1) is 23.8. The van der Waals surface area contributed by atoms with Crippen molar-refractivity contribution in [2.75, 3.05) is 45.7 Å². The highest BCUT2D eigenvalue weighted by atomic mass is 16.5. The predicted octanol–water partition coefficient (Wildman–Crippen LogP) is 1.46. The van der Waals surface area contributed by atoms with Crippen molar-refractivity contribution >= 4 is 17.5 Å². The molecule has 1 unspecified atom stereocenters. The zero-order valence-electron chi connectivity index (χ0n) is 18.7. The molecule has 1 aromatic carbocycles. The summed E-state index contributed by atoms with van der Waals surface area (Å²) >= 11 is 0. The summed E-state index contributed by atoms with van der Waals surface area (Å²) in [7, 11) is 3.33. The Balaban J connectivity index is 2.03. The van der Waals surface area contributed by atoms with Crippen molar-refractivity contribution in [3.05, 3.63) is 29.3 Å². The smallest absolute Gasteiger partial charge is 0.279 e. The second-order valence-corrected chi connectivity index (χ2v) is 8.30. The van der Waals surface area contributed by atoms with Gasteiger partial charge in [-0.05, 0) is 43.9 Å². The van der Waals surface area contributed by atoms with Crippen LogP contribution in [0.5, 0.6) is 0 Å². The Morgan fingerprint density at radius 2 is 1.93 bits per heavy atom. The molecule has 1 saturated carbocycles. The van der Waals surface area contributed by atoms with Crippen molar-refractivity contribution in [3.8, 4) is 6.07 Å². The number of anilines is 1. The van der Waals surface area contributed by atoms with Crippen molar-refractivity contribution in [1.29, 1.82) is 5.26 Å². The molecule has 1 aliphatic rings. The lowest BCUT2D eigenvalue weighted by Crippen LogP contribution is -3.14. The predicted molar refractivity (Wildman–Crippen MR) is 116 cm³/mol. The quantitative estimate of drug-likeness (QED) is 0.639. The lowest BCUT2D eigenvalue weighted by atomic mass is 9.81. The number of nitrogens with one attached hydrogen (secondary N) is 2. The van der Waals surface area contributed by atoms with Crippen LogP contribution in [0.1, 0.15) is 43.2 Å². The number of carbonyl (C=O) groups excluding carboxylic acids is 2. The maximum atomic E-state index is 13.0. The molecule has 2 N–H and O–H groups in total. The number of methoxy groups -OCH3 is 1. The first-order valence-electron chi connectivity index (χ1n) is 10.7. The Morgan fingerprint density at radius 3 is 2.57 bits per heavy atom. The average molecular weight is 416 g/mol. The minimum Gasteiger partial charge on any atom is -0.379 e. The molecule has 30 heavy (non-hydrogen) atoms. The van der Waals surface area contributed by atoms with Gasteiger partial charge in [-0.15, -0.1) is 0 Å². The molecule has 164 valence electrons. The molecule has 7 heteroatoms. The summed E-state index contributed by atoms with van der Waals surface area (Å²) in [4.78, 5) is 28.1. The number of quaternary nitrogens is 1. The lowest BCUT2D eigenvalue weighted by Gasteiger charge is -2.39. The first-order chi connectivity index (χ1) is 14.3. The van der Waals surface area contributed by atoms with Gasteiger partial charge >= 0.3 is 0 Å². The van der Waals surface area contributed by atoms with Crippen molar-refractivity contribution in [3.63, 3.8) is 0 Å². The largest absolute Gasteiger partial charge is 0.379 e. The van der Waals surface area contributed by atoms with E-state index in [1.54, 1.807) is 19.1 Å². The molecule has 0 radical (unpaired) electrons. The molecule has 1 atom stereocenters. The second kappa shape index (κ2) is 11.1. The number of likely N-dealkylation sites (N-methyl/N-ethyl adjacent to an activating group) is 1. The Labute approximate surface area is 180 Å². The van der Waals surface area contributed by atoms with Crippen LogP contribution < -0.4 is 10.2 Å². The van der Waals surface area contributed by atoms with E-state index in [9.17, 15) is 14.9 Å². The monoisotopic (exact) mass is 415 g/mol. The van der Waals surface area contributed by atoms with Gasteiger partial charge in [0.2, 0.25) is 0 Å². The van der Waals surface area contributed by atoms with Gasteiger partial charge in [0.25, 0.3) is 11.8 Å². The summed E-state index contributed by atoms with van der Waals surface area (Å²) in [6.45, 7) is 5.29. The van der Waals surface area contributed by atoms with Crippen LogP contribution in [0.2, 0.25) is 0 Å². The third-order valence-electron chi connectivity index (χ3n) is 6.26. The normalized spacial score (nSPS) is 16.4. The van der Waals surface area contributed by atoms with E-state index in [1.165, 1.54) is 0 Å². The lowest BCUT2D eigenvalue weighted by molar-refractivity contribution is -0.884. The van der Waals surface area contributed by atoms with E-state index >= 15 is 0 Å². The molecule has 2 rings (SSSR count). The number of benzene rings is 1. The average Bonchev–Trinajstić information content (AvgIpc) is 2.75. The molecule has 7 nitrogen and oxygen atoms in total. The first-order valence-corrected chi connectivity index (χ1v) is 10.7. The highest BCUT2D eigenvalue weighted by Gasteiger charge is 2.39. The van der Waals surface area contributed by atoms with Gasteiger partial charge in [-0.1, -0.05) is 31.4 Å². The van der Waals surface area contributed by atoms with Crippen molar-refractivity contribution in [2.24, 2.45) is 0 Å². The van der Waals surface area contributed by atoms with Gasteiger partial charge in [-0.2, -0.15) is 5.26 Å². The van der Waals surface area contributed by atoms with E-state index in [2.05, 4.69) is 11.4 Å². The topological polar surface area (TPSA) is 86.9 Å². The van der Waals surface area contributed by atoms with E-state index in [0.717, 1.165) is 41.0 Å². The van der Waals surface area contributed by atoms with Crippen molar-refractivity contribution < 1.29 is 19.2 Å². The molecule has 2 amide bonds. The molecular formula is C23H35N4O3+. The summed E-state index contributed by atoms with van der Waals surface area (Å²) in [5, 5.41) is 12.7. The second-order valence-electron chi connectivity index (χ2n) is 8.30. The van der Waals surface area contributed by atoms with Crippen LogP contribution in [0.15, 0.2) is 18.2 Å². The third-order valence-corrected chi connectivity index (χ3v) is 6.26. The Morgan fingerprint density at radius 1 is 1.23 bits per heavy atom. The van der Waals surface area contributed by atoms with E-state index in [4.69, 9.17) is 4.74 Å². The molecule has 1 fully saturated rings.